The number of thioether (sulfide) groups is 1. The predicted octanol–water partition coefficient (Wildman–Crippen LogP) is 1.79. The first-order valence-corrected chi connectivity index (χ1v) is 8.36. The first-order chi connectivity index (χ1) is 9.17. The van der Waals surface area contributed by atoms with Crippen LogP contribution in [0.3, 0.4) is 0 Å². The molecule has 112 valence electrons. The van der Waals surface area contributed by atoms with E-state index in [-0.39, 0.29) is 11.9 Å². The van der Waals surface area contributed by atoms with Crippen LogP contribution in [0.25, 0.3) is 0 Å². The molecule has 0 aromatic rings. The number of carbonyl (C=O) groups excluding carboxylic acids is 1. The van der Waals surface area contributed by atoms with Crippen LogP contribution >= 0.6 is 11.8 Å². The van der Waals surface area contributed by atoms with Crippen molar-refractivity contribution in [1.29, 1.82) is 0 Å². The number of rotatable bonds is 9. The topological polar surface area (TPSA) is 50.4 Å². The number of hydrogen-bond donors (Lipinski definition) is 2. The summed E-state index contributed by atoms with van der Waals surface area (Å²) in [7, 11) is 1.68. The Morgan fingerprint density at radius 2 is 2.26 bits per heavy atom. The van der Waals surface area contributed by atoms with Crippen molar-refractivity contribution in [2.75, 3.05) is 26.0 Å². The second-order valence-corrected chi connectivity index (χ2v) is 6.69. The highest BCUT2D eigenvalue weighted by Gasteiger charge is 2.26. The maximum absolute atomic E-state index is 11.9. The van der Waals surface area contributed by atoms with Crippen molar-refractivity contribution in [3.8, 4) is 0 Å². The smallest absolute Gasteiger partial charge is 0.236 e. The molecule has 19 heavy (non-hydrogen) atoms. The molecule has 1 aliphatic carbocycles. The summed E-state index contributed by atoms with van der Waals surface area (Å²) in [5.41, 5.74) is 0. The Morgan fingerprint density at radius 3 is 2.95 bits per heavy atom. The van der Waals surface area contributed by atoms with Gasteiger partial charge in [-0.2, -0.15) is 11.8 Å². The maximum atomic E-state index is 11.9. The molecule has 4 nitrogen and oxygen atoms in total. The second kappa shape index (κ2) is 9.61. The number of nitrogens with one attached hydrogen (secondary N) is 2. The van der Waals surface area contributed by atoms with E-state index in [1.165, 1.54) is 25.0 Å². The molecule has 3 unspecified atom stereocenters. The van der Waals surface area contributed by atoms with E-state index < -0.39 is 0 Å². The molecule has 0 aromatic carbocycles. The van der Waals surface area contributed by atoms with Crippen molar-refractivity contribution in [2.24, 2.45) is 0 Å². The summed E-state index contributed by atoms with van der Waals surface area (Å²) in [6.45, 7) is 5.55. The maximum Gasteiger partial charge on any atom is 0.236 e. The summed E-state index contributed by atoms with van der Waals surface area (Å²) >= 11 is 2.04. The van der Waals surface area contributed by atoms with Crippen molar-refractivity contribution in [3.05, 3.63) is 0 Å². The van der Waals surface area contributed by atoms with Crippen molar-refractivity contribution in [2.45, 2.75) is 56.9 Å². The van der Waals surface area contributed by atoms with Crippen LogP contribution in [0.1, 0.15) is 39.5 Å². The molecule has 0 heterocycles. The van der Waals surface area contributed by atoms with Crippen molar-refractivity contribution >= 4 is 17.7 Å². The summed E-state index contributed by atoms with van der Waals surface area (Å²) in [4.78, 5) is 11.9. The van der Waals surface area contributed by atoms with E-state index in [1.807, 2.05) is 18.7 Å². The number of ether oxygens (including phenoxy) is 1. The summed E-state index contributed by atoms with van der Waals surface area (Å²) in [5.74, 6) is 1.29. The summed E-state index contributed by atoms with van der Waals surface area (Å²) in [5, 5.41) is 7.17. The SMILES string of the molecule is CCSC1CCC(NC(C)C(=O)NCCCOC)C1. The van der Waals surface area contributed by atoms with Gasteiger partial charge in [-0.15, -0.1) is 0 Å². The first-order valence-electron chi connectivity index (χ1n) is 7.31. The van der Waals surface area contributed by atoms with Gasteiger partial charge in [0.2, 0.25) is 5.91 Å². The average molecular weight is 288 g/mol. The molecule has 1 amide bonds. The van der Waals surface area contributed by atoms with Gasteiger partial charge in [0.1, 0.15) is 0 Å². The highest BCUT2D eigenvalue weighted by Crippen LogP contribution is 2.29. The van der Waals surface area contributed by atoms with Crippen LogP contribution in [-0.4, -0.2) is 49.3 Å². The largest absolute Gasteiger partial charge is 0.385 e. The molecule has 1 aliphatic rings. The second-order valence-electron chi connectivity index (χ2n) is 5.11. The Morgan fingerprint density at radius 1 is 1.47 bits per heavy atom. The van der Waals surface area contributed by atoms with Crippen molar-refractivity contribution in [3.63, 3.8) is 0 Å². The van der Waals surface area contributed by atoms with Gasteiger partial charge in [0, 0.05) is 31.6 Å². The van der Waals surface area contributed by atoms with E-state index in [2.05, 4.69) is 17.6 Å². The van der Waals surface area contributed by atoms with Gasteiger partial charge < -0.3 is 15.4 Å². The lowest BCUT2D eigenvalue weighted by Crippen LogP contribution is -2.46. The molecule has 0 spiro atoms. The van der Waals surface area contributed by atoms with E-state index in [1.54, 1.807) is 7.11 Å². The van der Waals surface area contributed by atoms with Gasteiger partial charge in [-0.3, -0.25) is 4.79 Å². The van der Waals surface area contributed by atoms with Gasteiger partial charge in [0.05, 0.1) is 6.04 Å². The third kappa shape index (κ3) is 6.63. The van der Waals surface area contributed by atoms with Crippen LogP contribution in [0.5, 0.6) is 0 Å². The third-order valence-corrected chi connectivity index (χ3v) is 4.72. The van der Waals surface area contributed by atoms with Gasteiger partial charge in [-0.05, 0) is 38.4 Å². The Labute approximate surface area is 121 Å². The van der Waals surface area contributed by atoms with E-state index in [0.717, 1.165) is 11.7 Å². The van der Waals surface area contributed by atoms with Gasteiger partial charge in [0.15, 0.2) is 0 Å². The molecule has 5 heteroatoms. The van der Waals surface area contributed by atoms with Crippen molar-refractivity contribution < 1.29 is 9.53 Å². The average Bonchev–Trinajstić information content (AvgIpc) is 2.82. The fraction of sp³-hybridized carbons (Fsp3) is 0.929. The molecule has 3 atom stereocenters. The molecule has 0 aliphatic heterocycles. The zero-order chi connectivity index (χ0) is 14.1. The minimum Gasteiger partial charge on any atom is -0.385 e. The molecule has 1 saturated carbocycles. The van der Waals surface area contributed by atoms with E-state index in [4.69, 9.17) is 4.74 Å². The summed E-state index contributed by atoms with van der Waals surface area (Å²) in [6.07, 6.45) is 4.53. The minimum atomic E-state index is -0.0991. The van der Waals surface area contributed by atoms with Crippen LogP contribution in [0.2, 0.25) is 0 Å². The summed E-state index contributed by atoms with van der Waals surface area (Å²) in [6, 6.07) is 0.404. The molecule has 0 saturated heterocycles. The fourth-order valence-electron chi connectivity index (χ4n) is 2.49. The van der Waals surface area contributed by atoms with E-state index >= 15 is 0 Å². The molecule has 1 rings (SSSR count). The van der Waals surface area contributed by atoms with Gasteiger partial charge >= 0.3 is 0 Å². The Balaban J connectivity index is 2.16. The van der Waals surface area contributed by atoms with Crippen LogP contribution in [0, 0.1) is 0 Å². The van der Waals surface area contributed by atoms with E-state index in [9.17, 15) is 4.79 Å². The van der Waals surface area contributed by atoms with Gasteiger partial charge in [-0.1, -0.05) is 6.92 Å². The zero-order valence-corrected chi connectivity index (χ0v) is 13.2. The molecule has 1 fully saturated rings. The lowest BCUT2D eigenvalue weighted by Gasteiger charge is -2.19. The first kappa shape index (κ1) is 16.8. The van der Waals surface area contributed by atoms with Crippen LogP contribution in [-0.2, 0) is 9.53 Å². The quantitative estimate of drug-likeness (QED) is 0.635. The third-order valence-electron chi connectivity index (χ3n) is 3.49. The fourth-order valence-corrected chi connectivity index (χ4v) is 3.63. The molecule has 2 N–H and O–H groups in total. The normalized spacial score (nSPS) is 24.4. The van der Waals surface area contributed by atoms with Crippen LogP contribution in [0.4, 0.5) is 0 Å². The summed E-state index contributed by atoms with van der Waals surface area (Å²) < 4.78 is 4.96. The highest BCUT2D eigenvalue weighted by molar-refractivity contribution is 7.99. The lowest BCUT2D eigenvalue weighted by atomic mass is 10.2. The Hall–Kier alpha value is -0.260. The van der Waals surface area contributed by atoms with Gasteiger partial charge in [0.25, 0.3) is 0 Å². The highest BCUT2D eigenvalue weighted by atomic mass is 32.2. The molecular weight excluding hydrogens is 260 g/mol. The number of methoxy groups -OCH3 is 1. The van der Waals surface area contributed by atoms with Crippen LogP contribution < -0.4 is 10.6 Å². The molecule has 0 aromatic heterocycles. The predicted molar refractivity (Wildman–Crippen MR) is 81.7 cm³/mol. The van der Waals surface area contributed by atoms with E-state index in [0.29, 0.717) is 19.2 Å². The minimum absolute atomic E-state index is 0.0991. The number of carbonyl (C=O) groups is 1. The lowest BCUT2D eigenvalue weighted by molar-refractivity contribution is -0.122. The van der Waals surface area contributed by atoms with Gasteiger partial charge in [-0.25, -0.2) is 0 Å². The molecule has 0 bridgehead atoms. The Bertz CT molecular complexity index is 264. The van der Waals surface area contributed by atoms with Crippen LogP contribution in [0.15, 0.2) is 0 Å². The monoisotopic (exact) mass is 288 g/mol. The zero-order valence-electron chi connectivity index (χ0n) is 12.4. The number of hydrogen-bond acceptors (Lipinski definition) is 4. The standard InChI is InChI=1S/C14H28N2O2S/c1-4-19-13-7-6-12(10-13)16-11(2)14(17)15-8-5-9-18-3/h11-13,16H,4-10H2,1-3H3,(H,15,17). The molecular formula is C14H28N2O2S. The Kier molecular flexibility index (Phi) is 8.50. The number of amides is 1. The molecule has 0 radical (unpaired) electrons. The van der Waals surface area contributed by atoms with Crippen molar-refractivity contribution in [1.82, 2.24) is 10.6 Å².